The molecular weight excluding hydrogens is 415 g/mol. The van der Waals surface area contributed by atoms with Crippen LogP contribution in [0, 0.1) is 6.92 Å². The lowest BCUT2D eigenvalue weighted by Gasteiger charge is -2.37. The summed E-state index contributed by atoms with van der Waals surface area (Å²) in [5, 5.41) is 6.14. The second-order valence-electron chi connectivity index (χ2n) is 7.65. The first-order chi connectivity index (χ1) is 14.7. The number of aromatic nitrogens is 4. The van der Waals surface area contributed by atoms with E-state index in [1.54, 1.807) is 0 Å². The van der Waals surface area contributed by atoms with Crippen LogP contribution >= 0.6 is 0 Å². The maximum Gasteiger partial charge on any atom is 0.451 e. The van der Waals surface area contributed by atoms with Crippen molar-refractivity contribution in [2.24, 2.45) is 0 Å². The molecule has 1 atom stereocenters. The minimum Gasteiger partial charge on any atom is -0.487 e. The summed E-state index contributed by atoms with van der Waals surface area (Å²) in [5.41, 5.74) is 1.27. The van der Waals surface area contributed by atoms with Gasteiger partial charge in [0, 0.05) is 25.9 Å². The highest BCUT2D eigenvalue weighted by Crippen LogP contribution is 2.34. The third-order valence-electron chi connectivity index (χ3n) is 5.42. The Balaban J connectivity index is 1.36. The quantitative estimate of drug-likeness (QED) is 0.736. The summed E-state index contributed by atoms with van der Waals surface area (Å²) in [4.78, 5) is 29.7. The highest BCUT2D eigenvalue weighted by molar-refractivity contribution is 6.03. The van der Waals surface area contributed by atoms with Gasteiger partial charge in [0.25, 0.3) is 0 Å². The molecule has 0 radical (unpaired) electrons. The summed E-state index contributed by atoms with van der Waals surface area (Å²) < 4.78 is 43.2. The summed E-state index contributed by atoms with van der Waals surface area (Å²) in [6, 6.07) is -0.231. The first kappa shape index (κ1) is 21.1. The number of fused-ring (bicyclic) bond motifs is 1. The number of hydrogen-bond donors (Lipinski definition) is 2. The van der Waals surface area contributed by atoms with Gasteiger partial charge in [0.1, 0.15) is 17.8 Å². The standard InChI is InChI=1S/C19H22F3N7O2/c1-4-13-16(30)27-14-9(2)25-18(28-15(14)29(13)3)26-10-5-11(6-10)31-12-7-23-17(24-8-12)19(20,21)22/h7-8,10-11,13H,4-6H2,1-3H3,(H,27,30)(H,25,26,28)/t10?,11?,13-/m0/s1. The number of carbonyl (C=O) groups is 1. The number of rotatable bonds is 5. The molecule has 1 fully saturated rings. The van der Waals surface area contributed by atoms with Crippen LogP contribution < -0.4 is 20.3 Å². The molecule has 31 heavy (non-hydrogen) atoms. The Hall–Kier alpha value is -3.18. The molecule has 166 valence electrons. The van der Waals surface area contributed by atoms with Crippen molar-refractivity contribution in [1.29, 1.82) is 0 Å². The number of alkyl halides is 3. The average Bonchev–Trinajstić information content (AvgIpc) is 2.67. The number of halogens is 3. The van der Waals surface area contributed by atoms with Crippen LogP contribution in [-0.4, -0.2) is 51.1 Å². The van der Waals surface area contributed by atoms with Gasteiger partial charge in [-0.15, -0.1) is 0 Å². The number of nitrogens with one attached hydrogen (secondary N) is 2. The number of carbonyl (C=O) groups excluding carboxylic acids is 1. The van der Waals surface area contributed by atoms with E-state index in [9.17, 15) is 18.0 Å². The predicted octanol–water partition coefficient (Wildman–Crippen LogP) is 2.78. The van der Waals surface area contributed by atoms with Crippen LogP contribution in [0.3, 0.4) is 0 Å². The number of likely N-dealkylation sites (N-methyl/N-ethyl adjacent to an activating group) is 1. The van der Waals surface area contributed by atoms with E-state index in [2.05, 4.69) is 30.6 Å². The normalized spacial score (nSPS) is 23.0. The van der Waals surface area contributed by atoms with Gasteiger partial charge in [-0.1, -0.05) is 6.92 Å². The maximum atomic E-state index is 12.5. The Morgan fingerprint density at radius 1 is 1.26 bits per heavy atom. The Bertz CT molecular complexity index is 978. The number of aryl methyl sites for hydroxylation is 1. The molecule has 1 saturated carbocycles. The van der Waals surface area contributed by atoms with Gasteiger partial charge in [-0.2, -0.15) is 18.2 Å². The molecule has 0 spiro atoms. The minimum absolute atomic E-state index is 0.0586. The first-order valence-electron chi connectivity index (χ1n) is 9.90. The van der Waals surface area contributed by atoms with Crippen LogP contribution in [0.1, 0.15) is 37.7 Å². The number of nitrogens with zero attached hydrogens (tertiary/aromatic N) is 5. The van der Waals surface area contributed by atoms with Gasteiger partial charge in [0.05, 0.1) is 18.1 Å². The largest absolute Gasteiger partial charge is 0.487 e. The predicted molar refractivity (Wildman–Crippen MR) is 106 cm³/mol. The van der Waals surface area contributed by atoms with Gasteiger partial charge >= 0.3 is 6.18 Å². The van der Waals surface area contributed by atoms with Crippen molar-refractivity contribution >= 4 is 23.4 Å². The van der Waals surface area contributed by atoms with Crippen LogP contribution in [0.25, 0.3) is 0 Å². The van der Waals surface area contributed by atoms with Crippen LogP contribution in [-0.2, 0) is 11.0 Å². The fourth-order valence-electron chi connectivity index (χ4n) is 3.69. The highest BCUT2D eigenvalue weighted by Gasteiger charge is 2.36. The lowest BCUT2D eigenvalue weighted by molar-refractivity contribution is -0.145. The van der Waals surface area contributed by atoms with Crippen molar-refractivity contribution < 1.29 is 22.7 Å². The summed E-state index contributed by atoms with van der Waals surface area (Å²) in [7, 11) is 1.83. The summed E-state index contributed by atoms with van der Waals surface area (Å²) in [5.74, 6) is 0.0433. The second kappa shape index (κ2) is 7.82. The van der Waals surface area contributed by atoms with E-state index < -0.39 is 12.0 Å². The second-order valence-corrected chi connectivity index (χ2v) is 7.65. The zero-order chi connectivity index (χ0) is 22.3. The Morgan fingerprint density at radius 2 is 1.94 bits per heavy atom. The molecule has 4 rings (SSSR count). The summed E-state index contributed by atoms with van der Waals surface area (Å²) in [6.45, 7) is 3.75. The monoisotopic (exact) mass is 437 g/mol. The van der Waals surface area contributed by atoms with E-state index in [1.165, 1.54) is 0 Å². The summed E-state index contributed by atoms with van der Waals surface area (Å²) in [6.07, 6.45) is -0.770. The third kappa shape index (κ3) is 4.19. The fraction of sp³-hybridized carbons (Fsp3) is 0.526. The highest BCUT2D eigenvalue weighted by atomic mass is 19.4. The van der Waals surface area contributed by atoms with Crippen LogP contribution in [0.2, 0.25) is 0 Å². The van der Waals surface area contributed by atoms with E-state index in [1.807, 2.05) is 25.8 Å². The fourth-order valence-corrected chi connectivity index (χ4v) is 3.69. The first-order valence-corrected chi connectivity index (χ1v) is 9.90. The Labute approximate surface area is 176 Å². The molecule has 0 saturated heterocycles. The molecule has 0 unspecified atom stereocenters. The Kier molecular flexibility index (Phi) is 5.31. The molecule has 12 heteroatoms. The van der Waals surface area contributed by atoms with Gasteiger partial charge in [-0.3, -0.25) is 4.79 Å². The molecule has 2 aliphatic rings. The average molecular weight is 437 g/mol. The molecule has 3 heterocycles. The molecule has 9 nitrogen and oxygen atoms in total. The molecule has 0 aromatic carbocycles. The number of anilines is 3. The van der Waals surface area contributed by atoms with Gasteiger partial charge in [0.2, 0.25) is 17.7 Å². The molecule has 2 N–H and O–H groups in total. The van der Waals surface area contributed by atoms with Gasteiger partial charge in [0.15, 0.2) is 11.6 Å². The molecule has 1 amide bonds. The van der Waals surface area contributed by atoms with Crippen molar-refractivity contribution in [2.75, 3.05) is 22.6 Å². The van der Waals surface area contributed by atoms with E-state index in [0.717, 1.165) is 12.4 Å². The van der Waals surface area contributed by atoms with Crippen molar-refractivity contribution in [3.8, 4) is 5.75 Å². The van der Waals surface area contributed by atoms with Gasteiger partial charge in [-0.05, 0) is 13.3 Å². The van der Waals surface area contributed by atoms with Crippen molar-refractivity contribution in [1.82, 2.24) is 19.9 Å². The van der Waals surface area contributed by atoms with Crippen molar-refractivity contribution in [2.45, 2.75) is 57.5 Å². The van der Waals surface area contributed by atoms with Gasteiger partial charge in [-0.25, -0.2) is 15.0 Å². The van der Waals surface area contributed by atoms with Crippen molar-refractivity contribution in [3.05, 3.63) is 23.9 Å². The summed E-state index contributed by atoms with van der Waals surface area (Å²) >= 11 is 0. The van der Waals surface area contributed by atoms with E-state index in [4.69, 9.17) is 4.74 Å². The third-order valence-corrected chi connectivity index (χ3v) is 5.42. The van der Waals surface area contributed by atoms with E-state index >= 15 is 0 Å². The zero-order valence-electron chi connectivity index (χ0n) is 17.2. The smallest absolute Gasteiger partial charge is 0.451 e. The lowest BCUT2D eigenvalue weighted by Crippen LogP contribution is -2.47. The minimum atomic E-state index is -4.58. The Morgan fingerprint density at radius 3 is 2.55 bits per heavy atom. The van der Waals surface area contributed by atoms with Crippen LogP contribution in [0.4, 0.5) is 30.6 Å². The molecule has 1 aliphatic carbocycles. The van der Waals surface area contributed by atoms with Crippen LogP contribution in [0.15, 0.2) is 12.4 Å². The van der Waals surface area contributed by atoms with Gasteiger partial charge < -0.3 is 20.3 Å². The maximum absolute atomic E-state index is 12.5. The SMILES string of the molecule is CC[C@H]1C(=O)Nc2c(C)nc(NC3CC(Oc4cnc(C(F)(F)F)nc4)C3)nc2N1C. The lowest BCUT2D eigenvalue weighted by atomic mass is 9.89. The van der Waals surface area contributed by atoms with Crippen molar-refractivity contribution in [3.63, 3.8) is 0 Å². The molecular formula is C19H22F3N7O2. The molecule has 2 aromatic rings. The topological polar surface area (TPSA) is 105 Å². The number of hydrogen-bond acceptors (Lipinski definition) is 8. The zero-order valence-corrected chi connectivity index (χ0v) is 17.2. The van der Waals surface area contributed by atoms with E-state index in [0.29, 0.717) is 42.4 Å². The molecule has 2 aromatic heterocycles. The molecule has 1 aliphatic heterocycles. The number of ether oxygens (including phenoxy) is 1. The van der Waals surface area contributed by atoms with E-state index in [-0.39, 0.29) is 29.8 Å². The molecule has 0 bridgehead atoms. The van der Waals surface area contributed by atoms with Crippen LogP contribution in [0.5, 0.6) is 5.75 Å². The number of amides is 1.